The molecule has 1 heterocycles. The van der Waals surface area contributed by atoms with Gasteiger partial charge in [-0.25, -0.2) is 20.6 Å². The summed E-state index contributed by atoms with van der Waals surface area (Å²) in [6, 6.07) is 1.63. The van der Waals surface area contributed by atoms with Gasteiger partial charge < -0.3 is 4.74 Å². The summed E-state index contributed by atoms with van der Waals surface area (Å²) in [4.78, 5) is 18.8. The SMILES string of the molecule is CC(C)OC(=O)N(N)c1ncccn1. The fourth-order valence-electron chi connectivity index (χ4n) is 0.756. The van der Waals surface area contributed by atoms with Crippen LogP contribution in [0.4, 0.5) is 10.7 Å². The molecule has 0 spiro atoms. The quantitative estimate of drug-likeness (QED) is 0.428. The molecule has 0 atom stereocenters. The second-order valence-corrected chi connectivity index (χ2v) is 2.85. The van der Waals surface area contributed by atoms with Gasteiger partial charge in [0, 0.05) is 12.4 Å². The Bertz CT molecular complexity index is 301. The van der Waals surface area contributed by atoms with Crippen LogP contribution in [0, 0.1) is 0 Å². The Kier molecular flexibility index (Phi) is 3.35. The van der Waals surface area contributed by atoms with E-state index in [1.165, 1.54) is 12.4 Å². The van der Waals surface area contributed by atoms with Gasteiger partial charge in [0.05, 0.1) is 6.10 Å². The van der Waals surface area contributed by atoms with Gasteiger partial charge in [-0.05, 0) is 19.9 Å². The van der Waals surface area contributed by atoms with E-state index in [2.05, 4.69) is 9.97 Å². The van der Waals surface area contributed by atoms with E-state index < -0.39 is 6.09 Å². The molecule has 0 saturated heterocycles. The van der Waals surface area contributed by atoms with Gasteiger partial charge in [0.25, 0.3) is 0 Å². The predicted octanol–water partition coefficient (Wildman–Crippen LogP) is 0.702. The van der Waals surface area contributed by atoms with Crippen LogP contribution in [0.3, 0.4) is 0 Å². The van der Waals surface area contributed by atoms with Crippen molar-refractivity contribution in [3.63, 3.8) is 0 Å². The fourth-order valence-corrected chi connectivity index (χ4v) is 0.756. The van der Waals surface area contributed by atoms with Gasteiger partial charge in [-0.3, -0.25) is 0 Å². The van der Waals surface area contributed by atoms with Crippen LogP contribution in [-0.2, 0) is 4.74 Å². The van der Waals surface area contributed by atoms with Crippen molar-refractivity contribution in [2.24, 2.45) is 5.84 Å². The van der Waals surface area contributed by atoms with Crippen LogP contribution in [0.5, 0.6) is 0 Å². The number of hydrazine groups is 1. The van der Waals surface area contributed by atoms with Crippen LogP contribution >= 0.6 is 0 Å². The summed E-state index contributed by atoms with van der Waals surface area (Å²) in [7, 11) is 0. The monoisotopic (exact) mass is 196 g/mol. The predicted molar refractivity (Wildman–Crippen MR) is 50.3 cm³/mol. The van der Waals surface area contributed by atoms with Crippen LogP contribution in [0.15, 0.2) is 18.5 Å². The molecule has 76 valence electrons. The number of carbonyl (C=O) groups excluding carboxylic acids is 1. The van der Waals surface area contributed by atoms with Crippen molar-refractivity contribution in [1.82, 2.24) is 9.97 Å². The zero-order valence-electron chi connectivity index (χ0n) is 8.04. The van der Waals surface area contributed by atoms with E-state index in [-0.39, 0.29) is 12.1 Å². The normalized spacial score (nSPS) is 10.0. The summed E-state index contributed by atoms with van der Waals surface area (Å²) >= 11 is 0. The molecule has 0 aromatic carbocycles. The van der Waals surface area contributed by atoms with Gasteiger partial charge in [-0.1, -0.05) is 0 Å². The van der Waals surface area contributed by atoms with Crippen LogP contribution in [0.1, 0.15) is 13.8 Å². The summed E-state index contributed by atoms with van der Waals surface area (Å²) in [6.07, 6.45) is 2.08. The van der Waals surface area contributed by atoms with E-state index in [4.69, 9.17) is 10.6 Å². The van der Waals surface area contributed by atoms with Crippen molar-refractivity contribution in [2.45, 2.75) is 20.0 Å². The first kappa shape index (κ1) is 10.4. The van der Waals surface area contributed by atoms with Gasteiger partial charge in [-0.2, -0.15) is 5.01 Å². The maximum absolute atomic E-state index is 11.3. The molecule has 6 heteroatoms. The largest absolute Gasteiger partial charge is 0.445 e. The molecule has 14 heavy (non-hydrogen) atoms. The molecule has 0 fully saturated rings. The molecule has 6 nitrogen and oxygen atoms in total. The third-order valence-electron chi connectivity index (χ3n) is 1.30. The Hall–Kier alpha value is -1.69. The molecular weight excluding hydrogens is 184 g/mol. The zero-order chi connectivity index (χ0) is 10.6. The summed E-state index contributed by atoms with van der Waals surface area (Å²) in [6.45, 7) is 3.47. The molecule has 0 radical (unpaired) electrons. The van der Waals surface area contributed by atoms with Crippen LogP contribution in [0.2, 0.25) is 0 Å². The molecule has 0 saturated carbocycles. The highest BCUT2D eigenvalue weighted by Crippen LogP contribution is 2.02. The molecule has 1 aromatic rings. The third-order valence-corrected chi connectivity index (χ3v) is 1.30. The smallest absolute Gasteiger partial charge is 0.431 e. The Labute approximate surface area is 81.7 Å². The first-order valence-electron chi connectivity index (χ1n) is 4.13. The minimum atomic E-state index is -0.675. The second kappa shape index (κ2) is 4.52. The second-order valence-electron chi connectivity index (χ2n) is 2.85. The highest BCUT2D eigenvalue weighted by atomic mass is 16.6. The number of ether oxygens (including phenoxy) is 1. The Morgan fingerprint density at radius 1 is 1.50 bits per heavy atom. The maximum atomic E-state index is 11.3. The van der Waals surface area contributed by atoms with E-state index >= 15 is 0 Å². The lowest BCUT2D eigenvalue weighted by Crippen LogP contribution is -2.40. The lowest BCUT2D eigenvalue weighted by atomic mass is 10.5. The highest BCUT2D eigenvalue weighted by Gasteiger charge is 2.16. The van der Waals surface area contributed by atoms with Crippen LogP contribution in [-0.4, -0.2) is 22.2 Å². The molecule has 0 unspecified atom stereocenters. The first-order chi connectivity index (χ1) is 6.61. The Morgan fingerprint density at radius 3 is 2.57 bits per heavy atom. The number of hydrogen-bond donors (Lipinski definition) is 1. The van der Waals surface area contributed by atoms with Gasteiger partial charge in [0.1, 0.15) is 0 Å². The highest BCUT2D eigenvalue weighted by molar-refractivity contribution is 5.83. The topological polar surface area (TPSA) is 81.3 Å². The number of nitrogens with two attached hydrogens (primary N) is 1. The standard InChI is InChI=1S/C8H12N4O2/c1-6(2)14-8(13)12(9)7-10-4-3-5-11-7/h3-6H,9H2,1-2H3. The van der Waals surface area contributed by atoms with E-state index in [0.717, 1.165) is 5.01 Å². The fraction of sp³-hybridized carbons (Fsp3) is 0.375. The minimum absolute atomic E-state index is 0.109. The van der Waals surface area contributed by atoms with Crippen LogP contribution < -0.4 is 10.9 Å². The number of carbonyl (C=O) groups is 1. The number of nitrogens with zero attached hydrogens (tertiary/aromatic N) is 3. The third kappa shape index (κ3) is 2.67. The van der Waals surface area contributed by atoms with Gasteiger partial charge >= 0.3 is 6.09 Å². The molecule has 1 aromatic heterocycles. The van der Waals surface area contributed by atoms with Crippen molar-refractivity contribution < 1.29 is 9.53 Å². The van der Waals surface area contributed by atoms with Gasteiger partial charge in [0.2, 0.25) is 5.95 Å². The lowest BCUT2D eigenvalue weighted by Gasteiger charge is -2.15. The molecule has 2 N–H and O–H groups in total. The molecule has 0 aliphatic rings. The van der Waals surface area contributed by atoms with E-state index in [1.54, 1.807) is 19.9 Å². The van der Waals surface area contributed by atoms with Crippen LogP contribution in [0.25, 0.3) is 0 Å². The average molecular weight is 196 g/mol. The first-order valence-corrected chi connectivity index (χ1v) is 4.13. The van der Waals surface area contributed by atoms with Crippen molar-refractivity contribution in [2.75, 3.05) is 5.01 Å². The van der Waals surface area contributed by atoms with Gasteiger partial charge in [0.15, 0.2) is 0 Å². The zero-order valence-corrected chi connectivity index (χ0v) is 8.04. The molecule has 0 bridgehead atoms. The summed E-state index contributed by atoms with van der Waals surface area (Å²) < 4.78 is 4.85. The number of anilines is 1. The minimum Gasteiger partial charge on any atom is -0.445 e. The van der Waals surface area contributed by atoms with E-state index in [1.807, 2.05) is 0 Å². The lowest BCUT2D eigenvalue weighted by molar-refractivity contribution is 0.122. The number of amides is 1. The van der Waals surface area contributed by atoms with Crippen molar-refractivity contribution >= 4 is 12.0 Å². The Balaban J connectivity index is 2.66. The van der Waals surface area contributed by atoms with Crippen molar-refractivity contribution in [1.29, 1.82) is 0 Å². The summed E-state index contributed by atoms with van der Waals surface area (Å²) in [5.74, 6) is 5.53. The van der Waals surface area contributed by atoms with Crippen molar-refractivity contribution in [3.05, 3.63) is 18.5 Å². The maximum Gasteiger partial charge on any atom is 0.431 e. The molecular formula is C8H12N4O2. The number of hydrogen-bond acceptors (Lipinski definition) is 5. The molecule has 1 rings (SSSR count). The summed E-state index contributed by atoms with van der Waals surface area (Å²) in [5.41, 5.74) is 0. The molecule has 1 amide bonds. The van der Waals surface area contributed by atoms with E-state index in [9.17, 15) is 4.79 Å². The van der Waals surface area contributed by atoms with Crippen molar-refractivity contribution in [3.8, 4) is 0 Å². The molecule has 0 aliphatic carbocycles. The van der Waals surface area contributed by atoms with E-state index in [0.29, 0.717) is 0 Å². The average Bonchev–Trinajstić information content (AvgIpc) is 2.17. The number of rotatable bonds is 2. The Morgan fingerprint density at radius 2 is 2.07 bits per heavy atom. The summed E-state index contributed by atoms with van der Waals surface area (Å²) in [5, 5.41) is 0.764. The molecule has 0 aliphatic heterocycles. The number of aromatic nitrogens is 2. The van der Waals surface area contributed by atoms with Gasteiger partial charge in [-0.15, -0.1) is 0 Å².